The number of fused-ring (bicyclic) bond motifs is 3. The maximum absolute atomic E-state index is 6.52. The first-order valence-corrected chi connectivity index (χ1v) is 13.5. The van der Waals surface area contributed by atoms with Crippen molar-refractivity contribution >= 4 is 0 Å². The first kappa shape index (κ1) is 24.0. The number of hydrogen-bond donors (Lipinski definition) is 0. The third kappa shape index (κ3) is 4.34. The number of aromatic nitrogens is 3. The van der Waals surface area contributed by atoms with Gasteiger partial charge in [0.05, 0.1) is 0 Å². The van der Waals surface area contributed by atoms with E-state index in [1.165, 1.54) is 16.7 Å². The van der Waals surface area contributed by atoms with Crippen LogP contribution in [0.2, 0.25) is 0 Å². The molecule has 0 saturated carbocycles. The first-order valence-electron chi connectivity index (χ1n) is 13.5. The van der Waals surface area contributed by atoms with Gasteiger partial charge in [-0.3, -0.25) is 0 Å². The molecule has 192 valence electrons. The average Bonchev–Trinajstić information content (AvgIpc) is 3.01. The SMILES string of the molecule is CC1(C)Oc2cc(-c3nc(-c4ccccc4)nc(-c4ccc(-c5ccccc5)cc4)n3)ccc2-c2ccccc21. The van der Waals surface area contributed by atoms with Crippen molar-refractivity contribution in [3.8, 4) is 62.2 Å². The number of rotatable bonds is 4. The van der Waals surface area contributed by atoms with Gasteiger partial charge in [-0.05, 0) is 42.7 Å². The molecule has 0 N–H and O–H groups in total. The monoisotopic (exact) mass is 517 g/mol. The minimum Gasteiger partial charge on any atom is -0.482 e. The smallest absolute Gasteiger partial charge is 0.164 e. The van der Waals surface area contributed by atoms with Crippen LogP contribution >= 0.6 is 0 Å². The van der Waals surface area contributed by atoms with Gasteiger partial charge in [-0.25, -0.2) is 15.0 Å². The molecule has 0 fully saturated rings. The van der Waals surface area contributed by atoms with Gasteiger partial charge < -0.3 is 4.74 Å². The largest absolute Gasteiger partial charge is 0.482 e. The zero-order valence-corrected chi connectivity index (χ0v) is 22.4. The predicted molar refractivity (Wildman–Crippen MR) is 161 cm³/mol. The molecule has 2 heterocycles. The molecule has 0 amide bonds. The van der Waals surface area contributed by atoms with Gasteiger partial charge in [0.2, 0.25) is 0 Å². The summed E-state index contributed by atoms with van der Waals surface area (Å²) in [5, 5.41) is 0. The Morgan fingerprint density at radius 2 is 0.925 bits per heavy atom. The summed E-state index contributed by atoms with van der Waals surface area (Å²) in [7, 11) is 0. The highest BCUT2D eigenvalue weighted by Crippen LogP contribution is 2.46. The van der Waals surface area contributed by atoms with Crippen molar-refractivity contribution in [1.82, 2.24) is 15.0 Å². The molecule has 0 bridgehead atoms. The lowest BCUT2D eigenvalue weighted by atomic mass is 9.86. The van der Waals surface area contributed by atoms with Gasteiger partial charge in [0.1, 0.15) is 11.4 Å². The van der Waals surface area contributed by atoms with Crippen molar-refractivity contribution in [3.05, 3.63) is 133 Å². The lowest BCUT2D eigenvalue weighted by Crippen LogP contribution is -2.29. The summed E-state index contributed by atoms with van der Waals surface area (Å²) < 4.78 is 6.52. The van der Waals surface area contributed by atoms with Crippen LogP contribution in [0.25, 0.3) is 56.4 Å². The maximum atomic E-state index is 6.52. The van der Waals surface area contributed by atoms with Crippen molar-refractivity contribution in [2.45, 2.75) is 19.4 Å². The molecule has 1 aromatic heterocycles. The highest BCUT2D eigenvalue weighted by molar-refractivity contribution is 5.80. The summed E-state index contributed by atoms with van der Waals surface area (Å²) in [5.41, 5.74) is 8.10. The molecule has 4 nitrogen and oxygen atoms in total. The normalized spacial score (nSPS) is 13.2. The van der Waals surface area contributed by atoms with Gasteiger partial charge in [-0.2, -0.15) is 0 Å². The topological polar surface area (TPSA) is 47.9 Å². The van der Waals surface area contributed by atoms with Crippen LogP contribution in [0.3, 0.4) is 0 Å². The fourth-order valence-electron chi connectivity index (χ4n) is 5.33. The van der Waals surface area contributed by atoms with Crippen molar-refractivity contribution in [3.63, 3.8) is 0 Å². The molecule has 4 heteroatoms. The number of benzene rings is 5. The molecule has 0 saturated heterocycles. The zero-order valence-electron chi connectivity index (χ0n) is 22.4. The van der Waals surface area contributed by atoms with Crippen LogP contribution in [0.15, 0.2) is 127 Å². The van der Waals surface area contributed by atoms with E-state index in [1.807, 2.05) is 36.4 Å². The van der Waals surface area contributed by atoms with Crippen molar-refractivity contribution < 1.29 is 4.74 Å². The lowest BCUT2D eigenvalue weighted by molar-refractivity contribution is 0.106. The molecule has 40 heavy (non-hydrogen) atoms. The van der Waals surface area contributed by atoms with Gasteiger partial charge in [-0.15, -0.1) is 0 Å². The first-order chi connectivity index (χ1) is 19.5. The van der Waals surface area contributed by atoms with Gasteiger partial charge in [0.15, 0.2) is 17.5 Å². The predicted octanol–water partition coefficient (Wildman–Crippen LogP) is 8.83. The Hall–Kier alpha value is -5.09. The molecule has 0 aliphatic carbocycles. The highest BCUT2D eigenvalue weighted by atomic mass is 16.5. The molecule has 1 aliphatic rings. The number of hydrogen-bond acceptors (Lipinski definition) is 4. The molecule has 6 aromatic rings. The van der Waals surface area contributed by atoms with Gasteiger partial charge in [0, 0.05) is 27.8 Å². The van der Waals surface area contributed by atoms with E-state index in [4.69, 9.17) is 19.7 Å². The Morgan fingerprint density at radius 1 is 0.450 bits per heavy atom. The summed E-state index contributed by atoms with van der Waals surface area (Å²) in [6, 6.07) is 43.4. The van der Waals surface area contributed by atoms with Crippen LogP contribution in [0, 0.1) is 0 Å². The molecular formula is C36H27N3O. The van der Waals surface area contributed by atoms with E-state index in [-0.39, 0.29) is 0 Å². The Balaban J connectivity index is 1.34. The molecule has 0 atom stereocenters. The number of nitrogens with zero attached hydrogens (tertiary/aromatic N) is 3. The maximum Gasteiger partial charge on any atom is 0.164 e. The molecule has 5 aromatic carbocycles. The Kier molecular flexibility index (Phi) is 5.75. The molecule has 0 radical (unpaired) electrons. The summed E-state index contributed by atoms with van der Waals surface area (Å²) in [4.78, 5) is 14.8. The van der Waals surface area contributed by atoms with Gasteiger partial charge >= 0.3 is 0 Å². The Morgan fingerprint density at radius 3 is 1.60 bits per heavy atom. The minimum absolute atomic E-state index is 0.442. The molecule has 0 spiro atoms. The quantitative estimate of drug-likeness (QED) is 0.234. The van der Waals surface area contributed by atoms with Crippen LogP contribution in [-0.4, -0.2) is 15.0 Å². The van der Waals surface area contributed by atoms with E-state index in [0.717, 1.165) is 33.6 Å². The summed E-state index contributed by atoms with van der Waals surface area (Å²) >= 11 is 0. The van der Waals surface area contributed by atoms with Crippen LogP contribution < -0.4 is 4.74 Å². The van der Waals surface area contributed by atoms with Crippen LogP contribution in [-0.2, 0) is 5.60 Å². The van der Waals surface area contributed by atoms with E-state index in [0.29, 0.717) is 17.5 Å². The van der Waals surface area contributed by atoms with Crippen molar-refractivity contribution in [2.24, 2.45) is 0 Å². The van der Waals surface area contributed by atoms with E-state index in [2.05, 4.69) is 105 Å². The van der Waals surface area contributed by atoms with E-state index < -0.39 is 5.60 Å². The molecule has 1 aliphatic heterocycles. The third-order valence-electron chi connectivity index (χ3n) is 7.39. The van der Waals surface area contributed by atoms with E-state index in [9.17, 15) is 0 Å². The zero-order chi connectivity index (χ0) is 27.1. The fraction of sp³-hybridized carbons (Fsp3) is 0.0833. The molecular weight excluding hydrogens is 490 g/mol. The highest BCUT2D eigenvalue weighted by Gasteiger charge is 2.32. The minimum atomic E-state index is -0.442. The average molecular weight is 518 g/mol. The second-order valence-electron chi connectivity index (χ2n) is 10.5. The van der Waals surface area contributed by atoms with Gasteiger partial charge in [0.25, 0.3) is 0 Å². The third-order valence-corrected chi connectivity index (χ3v) is 7.39. The van der Waals surface area contributed by atoms with Crippen LogP contribution in [0.5, 0.6) is 5.75 Å². The summed E-state index contributed by atoms with van der Waals surface area (Å²) in [6.07, 6.45) is 0. The molecule has 7 rings (SSSR count). The molecule has 0 unspecified atom stereocenters. The summed E-state index contributed by atoms with van der Waals surface area (Å²) in [5.74, 6) is 2.71. The fourth-order valence-corrected chi connectivity index (χ4v) is 5.33. The van der Waals surface area contributed by atoms with Gasteiger partial charge in [-0.1, -0.05) is 115 Å². The van der Waals surface area contributed by atoms with Crippen LogP contribution in [0.4, 0.5) is 0 Å². The second-order valence-corrected chi connectivity index (χ2v) is 10.5. The summed E-state index contributed by atoms with van der Waals surface area (Å²) in [6.45, 7) is 4.21. The van der Waals surface area contributed by atoms with Crippen molar-refractivity contribution in [1.29, 1.82) is 0 Å². The second kappa shape index (κ2) is 9.58. The standard InChI is InChI=1S/C36H27N3O/c1-36(2)31-16-10-9-15-29(31)30-22-21-28(23-32(30)40-36)35-38-33(26-13-7-4-8-14-26)37-34(39-35)27-19-17-25(18-20-27)24-11-5-3-6-12-24/h3-23H,1-2H3. The van der Waals surface area contributed by atoms with Crippen LogP contribution in [0.1, 0.15) is 19.4 Å². The van der Waals surface area contributed by atoms with E-state index >= 15 is 0 Å². The lowest BCUT2D eigenvalue weighted by Gasteiger charge is -2.35. The van der Waals surface area contributed by atoms with E-state index in [1.54, 1.807) is 0 Å². The Bertz CT molecular complexity index is 1830. The number of ether oxygens (including phenoxy) is 1. The van der Waals surface area contributed by atoms with Crippen molar-refractivity contribution in [2.75, 3.05) is 0 Å². The Labute approximate surface area is 234 Å².